The van der Waals surface area contributed by atoms with Gasteiger partial charge in [0.15, 0.2) is 11.0 Å². The van der Waals surface area contributed by atoms with Crippen LogP contribution in [0.5, 0.6) is 0 Å². The van der Waals surface area contributed by atoms with E-state index in [4.69, 9.17) is 11.6 Å². The highest BCUT2D eigenvalue weighted by Crippen LogP contribution is 2.30. The first-order valence-electron chi connectivity index (χ1n) is 8.66. The molecule has 5 heteroatoms. The summed E-state index contributed by atoms with van der Waals surface area (Å²) in [5, 5.41) is 10.5. The molecule has 27 heavy (non-hydrogen) atoms. The Morgan fingerprint density at radius 1 is 0.852 bits per heavy atom. The minimum Gasteiger partial charge on any atom is -0.270 e. The highest BCUT2D eigenvalue weighted by atomic mass is 35.5. The van der Waals surface area contributed by atoms with Gasteiger partial charge in [0, 0.05) is 22.0 Å². The highest BCUT2D eigenvalue weighted by molar-refractivity contribution is 7.98. The summed E-state index contributed by atoms with van der Waals surface area (Å²) in [6.45, 7) is 2.14. The summed E-state index contributed by atoms with van der Waals surface area (Å²) in [6.07, 6.45) is 0. The fraction of sp³-hybridized carbons (Fsp3) is 0.0909. The standard InChI is InChI=1S/C22H18ClN3S/c1-16-7-5-6-8-18(16)15-27-22-25-24-21(17-11-13-19(23)14-12-17)26(22)20-9-3-2-4-10-20/h2-14H,15H2,1H3. The molecule has 134 valence electrons. The number of rotatable bonds is 5. The maximum atomic E-state index is 6.05. The van der Waals surface area contributed by atoms with Crippen molar-refractivity contribution >= 4 is 23.4 Å². The molecule has 0 unspecified atom stereocenters. The van der Waals surface area contributed by atoms with E-state index < -0.39 is 0 Å². The second kappa shape index (κ2) is 7.99. The quantitative estimate of drug-likeness (QED) is 0.380. The Morgan fingerprint density at radius 2 is 1.56 bits per heavy atom. The lowest BCUT2D eigenvalue weighted by Gasteiger charge is -2.11. The van der Waals surface area contributed by atoms with E-state index in [1.54, 1.807) is 11.8 Å². The minimum absolute atomic E-state index is 0.707. The summed E-state index contributed by atoms with van der Waals surface area (Å²) in [4.78, 5) is 0. The van der Waals surface area contributed by atoms with Crippen LogP contribution in [0.25, 0.3) is 17.1 Å². The smallest absolute Gasteiger partial charge is 0.196 e. The number of aryl methyl sites for hydroxylation is 1. The van der Waals surface area contributed by atoms with Crippen LogP contribution in [0.3, 0.4) is 0 Å². The molecule has 4 aromatic rings. The third kappa shape index (κ3) is 3.92. The molecule has 3 nitrogen and oxygen atoms in total. The number of para-hydroxylation sites is 1. The molecule has 0 fully saturated rings. The number of aromatic nitrogens is 3. The molecule has 0 aliphatic carbocycles. The van der Waals surface area contributed by atoms with Crippen molar-refractivity contribution < 1.29 is 0 Å². The van der Waals surface area contributed by atoms with Gasteiger partial charge in [-0.2, -0.15) is 0 Å². The van der Waals surface area contributed by atoms with Crippen LogP contribution in [0.15, 0.2) is 84.0 Å². The third-order valence-electron chi connectivity index (χ3n) is 4.37. The van der Waals surface area contributed by atoms with Gasteiger partial charge in [-0.05, 0) is 54.4 Å². The van der Waals surface area contributed by atoms with Crippen LogP contribution in [0.1, 0.15) is 11.1 Å². The fourth-order valence-electron chi connectivity index (χ4n) is 2.87. The molecular formula is C22H18ClN3S. The summed E-state index contributed by atoms with van der Waals surface area (Å²) in [5.74, 6) is 1.66. The van der Waals surface area contributed by atoms with Gasteiger partial charge in [-0.15, -0.1) is 10.2 Å². The first-order valence-corrected chi connectivity index (χ1v) is 10.0. The molecule has 4 rings (SSSR count). The molecule has 3 aromatic carbocycles. The molecule has 0 spiro atoms. The Balaban J connectivity index is 1.73. The molecule has 0 radical (unpaired) electrons. The lowest BCUT2D eigenvalue weighted by Crippen LogP contribution is -1.99. The van der Waals surface area contributed by atoms with E-state index >= 15 is 0 Å². The first-order chi connectivity index (χ1) is 13.2. The van der Waals surface area contributed by atoms with Gasteiger partial charge in [-0.25, -0.2) is 0 Å². The molecule has 0 aliphatic heterocycles. The topological polar surface area (TPSA) is 30.7 Å². The number of thioether (sulfide) groups is 1. The van der Waals surface area contributed by atoms with Crippen LogP contribution >= 0.6 is 23.4 Å². The van der Waals surface area contributed by atoms with Crippen molar-refractivity contribution in [1.82, 2.24) is 14.8 Å². The van der Waals surface area contributed by atoms with Crippen molar-refractivity contribution in [1.29, 1.82) is 0 Å². The Bertz CT molecular complexity index is 1040. The molecule has 0 aliphatic rings. The van der Waals surface area contributed by atoms with Crippen LogP contribution in [0, 0.1) is 6.92 Å². The van der Waals surface area contributed by atoms with Crippen LogP contribution < -0.4 is 0 Å². The van der Waals surface area contributed by atoms with Gasteiger partial charge in [0.05, 0.1) is 0 Å². The summed E-state index contributed by atoms with van der Waals surface area (Å²) < 4.78 is 2.10. The second-order valence-electron chi connectivity index (χ2n) is 6.20. The number of nitrogens with zero attached hydrogens (tertiary/aromatic N) is 3. The number of hydrogen-bond acceptors (Lipinski definition) is 3. The van der Waals surface area contributed by atoms with E-state index in [9.17, 15) is 0 Å². The Labute approximate surface area is 168 Å². The van der Waals surface area contributed by atoms with Gasteiger partial charge in [0.1, 0.15) is 0 Å². The number of benzene rings is 3. The Kier molecular flexibility index (Phi) is 5.28. The monoisotopic (exact) mass is 391 g/mol. The van der Waals surface area contributed by atoms with Gasteiger partial charge in [-0.1, -0.05) is 65.8 Å². The molecule has 0 bridgehead atoms. The van der Waals surface area contributed by atoms with Gasteiger partial charge < -0.3 is 0 Å². The molecule has 0 amide bonds. The third-order valence-corrected chi connectivity index (χ3v) is 5.60. The van der Waals surface area contributed by atoms with Crippen molar-refractivity contribution in [2.75, 3.05) is 0 Å². The fourth-order valence-corrected chi connectivity index (χ4v) is 4.03. The zero-order valence-corrected chi connectivity index (χ0v) is 16.4. The summed E-state index contributed by atoms with van der Waals surface area (Å²) in [5.41, 5.74) is 4.62. The number of hydrogen-bond donors (Lipinski definition) is 0. The van der Waals surface area contributed by atoms with Crippen LogP contribution in [0.2, 0.25) is 5.02 Å². The number of halogens is 1. The first kappa shape index (κ1) is 17.8. The van der Waals surface area contributed by atoms with Crippen molar-refractivity contribution in [3.63, 3.8) is 0 Å². The van der Waals surface area contributed by atoms with Gasteiger partial charge >= 0.3 is 0 Å². The summed E-state index contributed by atoms with van der Waals surface area (Å²) >= 11 is 7.74. The average Bonchev–Trinajstić information content (AvgIpc) is 3.12. The van der Waals surface area contributed by atoms with Gasteiger partial charge in [0.25, 0.3) is 0 Å². The molecule has 0 atom stereocenters. The molecular weight excluding hydrogens is 374 g/mol. The van der Waals surface area contributed by atoms with Crippen LogP contribution in [-0.4, -0.2) is 14.8 Å². The normalized spacial score (nSPS) is 10.9. The molecule has 0 N–H and O–H groups in total. The highest BCUT2D eigenvalue weighted by Gasteiger charge is 2.16. The van der Waals surface area contributed by atoms with E-state index in [1.807, 2.05) is 42.5 Å². The lowest BCUT2D eigenvalue weighted by molar-refractivity contribution is 0.886. The molecule has 0 saturated carbocycles. The van der Waals surface area contributed by atoms with E-state index in [0.717, 1.165) is 28.0 Å². The summed E-state index contributed by atoms with van der Waals surface area (Å²) in [6, 6.07) is 26.3. The van der Waals surface area contributed by atoms with E-state index in [-0.39, 0.29) is 0 Å². The van der Waals surface area contributed by atoms with Gasteiger partial charge in [-0.3, -0.25) is 4.57 Å². The van der Waals surface area contributed by atoms with Crippen molar-refractivity contribution in [3.05, 3.63) is 95.0 Å². The van der Waals surface area contributed by atoms with E-state index in [1.165, 1.54) is 11.1 Å². The zero-order valence-electron chi connectivity index (χ0n) is 14.8. The lowest BCUT2D eigenvalue weighted by atomic mass is 10.1. The SMILES string of the molecule is Cc1ccccc1CSc1nnc(-c2ccc(Cl)cc2)n1-c1ccccc1. The van der Waals surface area contributed by atoms with Crippen molar-refractivity contribution in [2.24, 2.45) is 0 Å². The van der Waals surface area contributed by atoms with Crippen molar-refractivity contribution in [2.45, 2.75) is 17.8 Å². The largest absolute Gasteiger partial charge is 0.270 e. The Hall–Kier alpha value is -2.56. The van der Waals surface area contributed by atoms with Crippen LogP contribution in [-0.2, 0) is 5.75 Å². The molecule has 1 aromatic heterocycles. The molecule has 0 saturated heterocycles. The van der Waals surface area contributed by atoms with Crippen molar-refractivity contribution in [3.8, 4) is 17.1 Å². The summed E-state index contributed by atoms with van der Waals surface area (Å²) in [7, 11) is 0. The predicted octanol–water partition coefficient (Wildman–Crippen LogP) is 6.19. The van der Waals surface area contributed by atoms with E-state index in [0.29, 0.717) is 5.02 Å². The Morgan fingerprint density at radius 3 is 2.30 bits per heavy atom. The molecule has 1 heterocycles. The maximum absolute atomic E-state index is 6.05. The predicted molar refractivity (Wildman–Crippen MR) is 113 cm³/mol. The average molecular weight is 392 g/mol. The van der Waals surface area contributed by atoms with Gasteiger partial charge in [0.2, 0.25) is 0 Å². The minimum atomic E-state index is 0.707. The van der Waals surface area contributed by atoms with E-state index in [2.05, 4.69) is 58.1 Å². The maximum Gasteiger partial charge on any atom is 0.196 e. The second-order valence-corrected chi connectivity index (χ2v) is 7.58. The van der Waals surface area contributed by atoms with Crippen LogP contribution in [0.4, 0.5) is 0 Å². The zero-order chi connectivity index (χ0) is 18.6.